The third-order valence-electron chi connectivity index (χ3n) is 7.06. The molecule has 2 unspecified atom stereocenters. The number of nitrogens with two attached hydrogens (primary N) is 1. The summed E-state index contributed by atoms with van der Waals surface area (Å²) in [4.78, 5) is 13.4. The van der Waals surface area contributed by atoms with Gasteiger partial charge in [-0.2, -0.15) is 0 Å². The summed E-state index contributed by atoms with van der Waals surface area (Å²) in [7, 11) is -4.05. The molecule has 0 spiro atoms. The Morgan fingerprint density at radius 2 is 1.89 bits per heavy atom. The van der Waals surface area contributed by atoms with Gasteiger partial charge in [0.1, 0.15) is 29.2 Å². The number of carboxylic acid groups (broad SMARTS) is 1. The molecule has 1 aliphatic carbocycles. The fourth-order valence-electron chi connectivity index (χ4n) is 5.18. The Labute approximate surface area is 221 Å². The molecule has 1 saturated heterocycles. The summed E-state index contributed by atoms with van der Waals surface area (Å²) in [5.41, 5.74) is 7.66. The summed E-state index contributed by atoms with van der Waals surface area (Å²) in [6, 6.07) is 9.72. The lowest BCUT2D eigenvalue weighted by Crippen LogP contribution is -2.40. The zero-order chi connectivity index (χ0) is 27.6. The summed E-state index contributed by atoms with van der Waals surface area (Å²) in [5.74, 6) is -2.03. The molecular formula is C27H32N4O6S. The Bertz CT molecular complexity index is 1400. The molecule has 11 heteroatoms. The van der Waals surface area contributed by atoms with Crippen molar-refractivity contribution in [1.82, 2.24) is 4.90 Å². The number of phenolic OH excluding ortho intramolecular Hbond substituents is 1. The van der Waals surface area contributed by atoms with Crippen LogP contribution in [0.1, 0.15) is 47.3 Å². The number of rotatable bonds is 8. The van der Waals surface area contributed by atoms with Crippen molar-refractivity contribution >= 4 is 33.6 Å². The van der Waals surface area contributed by atoms with Gasteiger partial charge in [-0.3, -0.25) is 15.6 Å². The van der Waals surface area contributed by atoms with Crippen LogP contribution in [0.15, 0.2) is 42.5 Å². The minimum Gasteiger partial charge on any atom is -0.507 e. The Balaban J connectivity index is 1.60. The third kappa shape index (κ3) is 5.99. The quantitative estimate of drug-likeness (QED) is 0.250. The first-order chi connectivity index (χ1) is 17.9. The number of phenols is 1. The number of carbonyl (C=O) groups is 1. The maximum Gasteiger partial charge on any atom is 0.318 e. The fraction of sp³-hybridized carbons (Fsp3) is 0.370. The van der Waals surface area contributed by atoms with Crippen LogP contribution in [0.2, 0.25) is 0 Å². The average molecular weight is 541 g/mol. The van der Waals surface area contributed by atoms with Crippen LogP contribution in [0, 0.1) is 16.7 Å². The van der Waals surface area contributed by atoms with E-state index >= 15 is 0 Å². The van der Waals surface area contributed by atoms with Crippen LogP contribution >= 0.6 is 0 Å². The maximum atomic E-state index is 13.2. The number of aromatic hydroxyl groups is 1. The molecule has 0 radical (unpaired) electrons. The summed E-state index contributed by atoms with van der Waals surface area (Å²) >= 11 is 0. The highest BCUT2D eigenvalue weighted by Gasteiger charge is 2.41. The van der Waals surface area contributed by atoms with Crippen molar-refractivity contribution in [1.29, 1.82) is 10.8 Å². The normalized spacial score (nSPS) is 19.9. The Hall–Kier alpha value is -3.86. The van der Waals surface area contributed by atoms with Gasteiger partial charge in [-0.25, -0.2) is 8.42 Å². The molecule has 2 aromatic rings. The van der Waals surface area contributed by atoms with E-state index in [1.54, 1.807) is 31.2 Å². The summed E-state index contributed by atoms with van der Waals surface area (Å²) in [5, 5.41) is 33.9. The maximum absolute atomic E-state index is 13.2. The predicted molar refractivity (Wildman–Crippen MR) is 145 cm³/mol. The molecule has 2 aromatic carbocycles. The Kier molecular flexibility index (Phi) is 7.77. The van der Waals surface area contributed by atoms with Crippen LogP contribution in [-0.4, -0.2) is 66.1 Å². The van der Waals surface area contributed by atoms with Crippen molar-refractivity contribution in [3.8, 4) is 11.5 Å². The molecule has 1 fully saturated rings. The smallest absolute Gasteiger partial charge is 0.318 e. The second kappa shape index (κ2) is 10.9. The van der Waals surface area contributed by atoms with Gasteiger partial charge in [0.25, 0.3) is 0 Å². The van der Waals surface area contributed by atoms with Gasteiger partial charge >= 0.3 is 5.97 Å². The van der Waals surface area contributed by atoms with Crippen LogP contribution in [-0.2, 0) is 21.1 Å². The number of hydrogen-bond donors (Lipinski definition) is 5. The number of likely N-dealkylation sites (tertiary alicyclic amines) is 1. The van der Waals surface area contributed by atoms with Crippen molar-refractivity contribution < 1.29 is 28.2 Å². The van der Waals surface area contributed by atoms with Crippen LogP contribution in [0.25, 0.3) is 6.08 Å². The van der Waals surface area contributed by atoms with E-state index in [1.807, 2.05) is 11.0 Å². The number of allylic oxidation sites excluding steroid dienone is 1. The first kappa shape index (κ1) is 27.2. The summed E-state index contributed by atoms with van der Waals surface area (Å²) in [6.07, 6.45) is 5.14. The van der Waals surface area contributed by atoms with Gasteiger partial charge in [0, 0.05) is 43.0 Å². The highest BCUT2D eigenvalue weighted by molar-refractivity contribution is 7.92. The Morgan fingerprint density at radius 1 is 1.18 bits per heavy atom. The molecule has 38 heavy (non-hydrogen) atoms. The summed E-state index contributed by atoms with van der Waals surface area (Å²) < 4.78 is 32.5. The van der Waals surface area contributed by atoms with Gasteiger partial charge in [0.2, 0.25) is 0 Å². The number of ether oxygens (including phenoxy) is 1. The SMILES string of the molecule is CC(=N)N1CCC(Oc2ccc3c(c2)CC(/C=C/c2cc(C(=N)N)ccc2O)C3S(=O)(=O)CC(=O)O)CC1. The van der Waals surface area contributed by atoms with E-state index in [0.717, 1.165) is 31.5 Å². The zero-order valence-electron chi connectivity index (χ0n) is 21.1. The molecule has 202 valence electrons. The van der Waals surface area contributed by atoms with E-state index in [0.29, 0.717) is 34.7 Å². The first-order valence-corrected chi connectivity index (χ1v) is 14.0. The lowest BCUT2D eigenvalue weighted by atomic mass is 10.0. The van der Waals surface area contributed by atoms with Gasteiger partial charge in [0.15, 0.2) is 9.84 Å². The molecule has 0 bridgehead atoms. The second-order valence-electron chi connectivity index (χ2n) is 9.79. The molecule has 1 heterocycles. The van der Waals surface area contributed by atoms with Crippen LogP contribution in [0.4, 0.5) is 0 Å². The lowest BCUT2D eigenvalue weighted by molar-refractivity contribution is -0.134. The minimum absolute atomic E-state index is 0.0104. The zero-order valence-corrected chi connectivity index (χ0v) is 21.9. The highest BCUT2D eigenvalue weighted by Crippen LogP contribution is 2.44. The van der Waals surface area contributed by atoms with E-state index in [4.69, 9.17) is 21.3 Å². The van der Waals surface area contributed by atoms with Gasteiger partial charge in [0.05, 0.1) is 11.1 Å². The van der Waals surface area contributed by atoms with E-state index in [2.05, 4.69) is 0 Å². The molecule has 0 aromatic heterocycles. The Morgan fingerprint density at radius 3 is 2.53 bits per heavy atom. The van der Waals surface area contributed by atoms with Gasteiger partial charge < -0.3 is 25.6 Å². The standard InChI is InChI=1S/C27H32N4O6S/c1-16(28)31-10-8-21(9-11-31)37-22-5-6-23-20(14-22)13-18(26(23)38(35,36)15-25(33)34)3-2-17-12-19(27(29)30)4-7-24(17)32/h2-7,12,14,18,21,26,28,32H,8-11,13,15H2,1H3,(H3,29,30)(H,33,34)/b3-2+,28-16?. The number of aliphatic carboxylic acids is 1. The van der Waals surface area contributed by atoms with Gasteiger partial charge in [-0.1, -0.05) is 18.2 Å². The van der Waals surface area contributed by atoms with E-state index < -0.39 is 32.7 Å². The van der Waals surface area contributed by atoms with Crippen molar-refractivity contribution in [3.05, 3.63) is 64.7 Å². The van der Waals surface area contributed by atoms with Crippen LogP contribution in [0.5, 0.6) is 11.5 Å². The number of piperidine rings is 1. The summed E-state index contributed by atoms with van der Waals surface area (Å²) in [6.45, 7) is 3.25. The molecule has 0 saturated carbocycles. The third-order valence-corrected chi connectivity index (χ3v) is 9.08. The molecule has 6 N–H and O–H groups in total. The van der Waals surface area contributed by atoms with E-state index in [9.17, 15) is 23.4 Å². The first-order valence-electron chi connectivity index (χ1n) is 12.3. The second-order valence-corrected chi connectivity index (χ2v) is 11.9. The number of carboxylic acids is 1. The molecule has 0 amide bonds. The number of amidine groups is 2. The number of hydrogen-bond acceptors (Lipinski definition) is 7. The van der Waals surface area contributed by atoms with Crippen molar-refractivity contribution in [2.45, 2.75) is 37.5 Å². The average Bonchev–Trinajstić information content (AvgIpc) is 3.21. The number of fused-ring (bicyclic) bond motifs is 1. The predicted octanol–water partition coefficient (Wildman–Crippen LogP) is 2.94. The molecule has 2 aliphatic rings. The molecular weight excluding hydrogens is 508 g/mol. The van der Waals surface area contributed by atoms with Gasteiger partial charge in [-0.15, -0.1) is 0 Å². The van der Waals surface area contributed by atoms with Crippen molar-refractivity contribution in [2.24, 2.45) is 11.7 Å². The highest BCUT2D eigenvalue weighted by atomic mass is 32.2. The van der Waals surface area contributed by atoms with E-state index in [1.165, 1.54) is 18.2 Å². The number of nitrogens with one attached hydrogen (secondary N) is 2. The monoisotopic (exact) mass is 540 g/mol. The lowest BCUT2D eigenvalue weighted by Gasteiger charge is -2.32. The number of nitrogens with zero attached hydrogens (tertiary/aromatic N) is 1. The van der Waals surface area contributed by atoms with Crippen LogP contribution in [0.3, 0.4) is 0 Å². The van der Waals surface area contributed by atoms with Crippen molar-refractivity contribution in [2.75, 3.05) is 18.8 Å². The van der Waals surface area contributed by atoms with Gasteiger partial charge in [-0.05, 0) is 54.8 Å². The number of nitrogen functional groups attached to an aromatic ring is 1. The largest absolute Gasteiger partial charge is 0.507 e. The fourth-order valence-corrected chi connectivity index (χ4v) is 7.04. The van der Waals surface area contributed by atoms with Crippen molar-refractivity contribution in [3.63, 3.8) is 0 Å². The minimum atomic E-state index is -4.05. The topological polar surface area (TPSA) is 178 Å². The molecule has 4 rings (SSSR count). The van der Waals surface area contributed by atoms with Crippen LogP contribution < -0.4 is 10.5 Å². The van der Waals surface area contributed by atoms with E-state index in [-0.39, 0.29) is 17.7 Å². The molecule has 1 aliphatic heterocycles. The molecule has 10 nitrogen and oxygen atoms in total. The number of benzene rings is 2. The number of sulfone groups is 1. The molecule has 2 atom stereocenters.